The summed E-state index contributed by atoms with van der Waals surface area (Å²) in [6.45, 7) is 0. The first-order chi connectivity index (χ1) is 4.70. The molecule has 10 heavy (non-hydrogen) atoms. The molecule has 0 fully saturated rings. The van der Waals surface area contributed by atoms with Gasteiger partial charge in [0.15, 0.2) is 12.2 Å². The Bertz CT molecular complexity index is 265. The minimum absolute atomic E-state index is 0.0641. The number of hydrogen-bond donors (Lipinski definition) is 2. The molecule has 0 radical (unpaired) electrons. The monoisotopic (exact) mass is 137 g/mol. The number of nitrogens with zero attached hydrogens (tertiary/aromatic N) is 1. The lowest BCUT2D eigenvalue weighted by Crippen LogP contribution is -2.09. The largest absolute Gasteiger partial charge is 0.406 e. The smallest absolute Gasteiger partial charge is 0.386 e. The summed E-state index contributed by atoms with van der Waals surface area (Å²) in [6, 6.07) is 0. The van der Waals surface area contributed by atoms with E-state index >= 15 is 0 Å². The molecule has 4 heteroatoms. The molecule has 0 heterocycles. The maximum Gasteiger partial charge on any atom is 0.386 e. The molecule has 0 saturated carbocycles. The van der Waals surface area contributed by atoms with Gasteiger partial charge < -0.3 is 10.9 Å². The summed E-state index contributed by atoms with van der Waals surface area (Å²) in [6.07, 6.45) is 5.06. The van der Waals surface area contributed by atoms with E-state index in [2.05, 4.69) is 11.8 Å². The van der Waals surface area contributed by atoms with Crippen molar-refractivity contribution in [2.75, 3.05) is 0 Å². The molecule has 0 spiro atoms. The van der Waals surface area contributed by atoms with E-state index in [9.17, 15) is 5.21 Å². The molecular weight excluding hydrogens is 132 g/mol. The molecule has 1 aliphatic carbocycles. The minimum Gasteiger partial charge on any atom is -0.406 e. The van der Waals surface area contributed by atoms with Gasteiger partial charge in [-0.1, -0.05) is 0 Å². The molecule has 0 saturated heterocycles. The summed E-state index contributed by atoms with van der Waals surface area (Å²) < 4.78 is 0. The Morgan fingerprint density at radius 1 is 1.80 bits per heavy atom. The Balaban J connectivity index is 3.06. The van der Waals surface area contributed by atoms with Crippen LogP contribution in [0.3, 0.4) is 0 Å². The van der Waals surface area contributed by atoms with Crippen LogP contribution in [0.2, 0.25) is 0 Å². The molecule has 4 nitrogen and oxygen atoms in total. The number of nitrogens with two attached hydrogens (primary N) is 1. The zero-order valence-electron chi connectivity index (χ0n) is 5.03. The Morgan fingerprint density at radius 3 is 2.90 bits per heavy atom. The summed E-state index contributed by atoms with van der Waals surface area (Å²) in [5.41, 5.74) is 8.09. The quantitative estimate of drug-likeness (QED) is 0.158. The molecule has 0 amide bonds. The van der Waals surface area contributed by atoms with Gasteiger partial charge in [0.1, 0.15) is 4.90 Å². The summed E-state index contributed by atoms with van der Waals surface area (Å²) >= 11 is 0. The van der Waals surface area contributed by atoms with Crippen molar-refractivity contribution >= 4 is 5.71 Å². The van der Waals surface area contributed by atoms with Crippen LogP contribution in [0.15, 0.2) is 23.6 Å². The Kier molecular flexibility index (Phi) is 1.42. The van der Waals surface area contributed by atoms with Crippen LogP contribution < -0.4 is 5.73 Å². The van der Waals surface area contributed by atoms with Crippen LogP contribution in [0, 0.1) is 11.3 Å². The molecular formula is C6H5N2O2+. The maximum atomic E-state index is 10.1. The lowest BCUT2D eigenvalue weighted by Gasteiger charge is -1.83. The SMILES string of the molecule is NC1=C=CC(=[N+]([O-])O)C=[C+]1. The van der Waals surface area contributed by atoms with E-state index in [1.165, 1.54) is 12.2 Å². The van der Waals surface area contributed by atoms with Crippen molar-refractivity contribution in [3.8, 4) is 0 Å². The van der Waals surface area contributed by atoms with Gasteiger partial charge in [-0.25, -0.2) is 5.21 Å². The van der Waals surface area contributed by atoms with Crippen molar-refractivity contribution < 1.29 is 10.1 Å². The highest BCUT2D eigenvalue weighted by Crippen LogP contribution is 1.92. The second-order valence-electron chi connectivity index (χ2n) is 1.69. The molecule has 1 aliphatic rings. The molecule has 0 unspecified atom stereocenters. The molecule has 1 rings (SSSR count). The first-order valence-electron chi connectivity index (χ1n) is 2.55. The lowest BCUT2D eigenvalue weighted by atomic mass is 10.2. The zero-order chi connectivity index (χ0) is 7.56. The van der Waals surface area contributed by atoms with Crippen molar-refractivity contribution in [1.29, 1.82) is 0 Å². The third kappa shape index (κ3) is 1.14. The molecule has 0 aromatic rings. The van der Waals surface area contributed by atoms with Gasteiger partial charge in [0.25, 0.3) is 5.70 Å². The van der Waals surface area contributed by atoms with Gasteiger partial charge in [-0.3, -0.25) is 0 Å². The average Bonchev–Trinajstić information content (AvgIpc) is 1.88. The average molecular weight is 137 g/mol. The van der Waals surface area contributed by atoms with Crippen LogP contribution in [0.25, 0.3) is 0 Å². The second kappa shape index (κ2) is 2.23. The van der Waals surface area contributed by atoms with Crippen LogP contribution in [0.4, 0.5) is 0 Å². The molecule has 0 aromatic carbocycles. The molecule has 0 bridgehead atoms. The summed E-state index contributed by atoms with van der Waals surface area (Å²) in [5.74, 6) is 0. The predicted molar refractivity (Wildman–Crippen MR) is 34.0 cm³/mol. The summed E-state index contributed by atoms with van der Waals surface area (Å²) in [7, 11) is 0. The molecule has 3 N–H and O–H groups in total. The third-order valence-electron chi connectivity index (χ3n) is 0.972. The van der Waals surface area contributed by atoms with Crippen LogP contribution in [0.1, 0.15) is 0 Å². The van der Waals surface area contributed by atoms with Gasteiger partial charge in [0, 0.05) is 0 Å². The minimum atomic E-state index is -0.271. The fraction of sp³-hybridized carbons (Fsp3) is 0. The molecule has 0 atom stereocenters. The van der Waals surface area contributed by atoms with Gasteiger partial charge in [-0.15, -0.1) is 0 Å². The van der Waals surface area contributed by atoms with Crippen LogP contribution in [-0.2, 0) is 0 Å². The van der Waals surface area contributed by atoms with Gasteiger partial charge >= 0.3 is 5.71 Å². The Morgan fingerprint density at radius 2 is 2.50 bits per heavy atom. The Hall–Kier alpha value is -1.76. The standard InChI is InChI=1S/C6H5N2O2/c7-5-1-3-6(4-2-5)8(9)10/h3-4H,7H2,(H,9,10)/q+1. The van der Waals surface area contributed by atoms with E-state index in [0.29, 0.717) is 5.70 Å². The maximum absolute atomic E-state index is 10.1. The van der Waals surface area contributed by atoms with E-state index in [1.807, 2.05) is 0 Å². The molecule has 50 valence electrons. The summed E-state index contributed by atoms with van der Waals surface area (Å²) in [4.78, 5) is -0.271. The van der Waals surface area contributed by atoms with Crippen molar-refractivity contribution in [3.05, 3.63) is 34.9 Å². The van der Waals surface area contributed by atoms with Crippen LogP contribution in [-0.4, -0.2) is 15.8 Å². The van der Waals surface area contributed by atoms with E-state index in [-0.39, 0.29) is 10.6 Å². The topological polar surface area (TPSA) is 72.3 Å². The highest BCUT2D eigenvalue weighted by molar-refractivity contribution is 6.00. The number of allylic oxidation sites excluding steroid dienone is 2. The van der Waals surface area contributed by atoms with Gasteiger partial charge in [0.2, 0.25) is 0 Å². The molecule has 0 aliphatic heterocycles. The fourth-order valence-electron chi connectivity index (χ4n) is 0.497. The molecule has 0 aromatic heterocycles. The Labute approximate surface area is 57.4 Å². The zero-order valence-corrected chi connectivity index (χ0v) is 5.03. The van der Waals surface area contributed by atoms with E-state index in [1.54, 1.807) is 0 Å². The third-order valence-corrected chi connectivity index (χ3v) is 0.972. The van der Waals surface area contributed by atoms with E-state index in [0.717, 1.165) is 0 Å². The van der Waals surface area contributed by atoms with Crippen molar-refractivity contribution in [2.24, 2.45) is 5.73 Å². The summed E-state index contributed by atoms with van der Waals surface area (Å²) in [5, 5.41) is 18.5. The predicted octanol–water partition coefficient (Wildman–Crippen LogP) is -0.302. The van der Waals surface area contributed by atoms with Gasteiger partial charge in [-0.05, 0) is 0 Å². The second-order valence-corrected chi connectivity index (χ2v) is 1.69. The highest BCUT2D eigenvalue weighted by Gasteiger charge is 2.15. The van der Waals surface area contributed by atoms with E-state index < -0.39 is 0 Å². The normalized spacial score (nSPS) is 19.8. The van der Waals surface area contributed by atoms with Gasteiger partial charge in [-0.2, -0.15) is 0 Å². The fourth-order valence-corrected chi connectivity index (χ4v) is 0.497. The van der Waals surface area contributed by atoms with Crippen molar-refractivity contribution in [1.82, 2.24) is 0 Å². The number of hydrogen-bond acceptors (Lipinski definition) is 3. The van der Waals surface area contributed by atoms with Crippen molar-refractivity contribution in [3.63, 3.8) is 0 Å². The van der Waals surface area contributed by atoms with Crippen molar-refractivity contribution in [2.45, 2.75) is 0 Å². The van der Waals surface area contributed by atoms with E-state index in [4.69, 9.17) is 10.9 Å². The first-order valence-corrected chi connectivity index (χ1v) is 2.55. The van der Waals surface area contributed by atoms with Crippen LogP contribution in [0.5, 0.6) is 0 Å². The lowest BCUT2D eigenvalue weighted by molar-refractivity contribution is -0.725. The van der Waals surface area contributed by atoms with Gasteiger partial charge in [0.05, 0.1) is 11.8 Å². The van der Waals surface area contributed by atoms with Crippen LogP contribution >= 0.6 is 0 Å². The first kappa shape index (κ1) is 6.36. The number of rotatable bonds is 0. The highest BCUT2D eigenvalue weighted by atomic mass is 16.8.